The summed E-state index contributed by atoms with van der Waals surface area (Å²) < 4.78 is 12.4. The fourth-order valence-electron chi connectivity index (χ4n) is 0.525. The third-order valence-corrected chi connectivity index (χ3v) is 0.953. The summed E-state index contributed by atoms with van der Waals surface area (Å²) >= 11 is 0. The van der Waals surface area contributed by atoms with E-state index < -0.39 is 5.95 Å². The van der Waals surface area contributed by atoms with Gasteiger partial charge < -0.3 is 0 Å². The van der Waals surface area contributed by atoms with E-state index >= 15 is 0 Å². The second-order valence-electron chi connectivity index (χ2n) is 1.52. The minimum atomic E-state index is -0.514. The fraction of sp³-hybridized carbons (Fsp3) is 0.167. The second-order valence-corrected chi connectivity index (χ2v) is 1.52. The lowest BCUT2D eigenvalue weighted by atomic mass is 10.3. The summed E-state index contributed by atoms with van der Waals surface area (Å²) in [5, 5.41) is 0. The number of aromatic nitrogens is 2. The third kappa shape index (κ3) is 1.22. The van der Waals surface area contributed by atoms with Gasteiger partial charge in [-0.2, -0.15) is 4.39 Å². The lowest BCUT2D eigenvalue weighted by Crippen LogP contribution is -1.92. The maximum absolute atomic E-state index is 12.4. The van der Waals surface area contributed by atoms with Crippen LogP contribution in [0.5, 0.6) is 0 Å². The summed E-state index contributed by atoms with van der Waals surface area (Å²) in [4.78, 5) is 7.09. The van der Waals surface area contributed by atoms with Crippen molar-refractivity contribution in [1.29, 1.82) is 0 Å². The highest BCUT2D eigenvalue weighted by molar-refractivity contribution is 5.06. The minimum Gasteiger partial charge on any atom is -0.255 e. The highest BCUT2D eigenvalue weighted by atomic mass is 19.1. The molecule has 0 atom stereocenters. The molecule has 0 spiro atoms. The highest BCUT2D eigenvalue weighted by Crippen LogP contribution is 1.99. The monoisotopic (exact) mass is 125 g/mol. The van der Waals surface area contributed by atoms with Gasteiger partial charge in [-0.1, -0.05) is 6.92 Å². The Morgan fingerprint density at radius 1 is 1.44 bits per heavy atom. The molecule has 0 amide bonds. The molecule has 0 fully saturated rings. The van der Waals surface area contributed by atoms with E-state index in [1.54, 1.807) is 13.3 Å². The van der Waals surface area contributed by atoms with E-state index in [4.69, 9.17) is 0 Å². The van der Waals surface area contributed by atoms with Crippen molar-refractivity contribution in [2.45, 2.75) is 6.92 Å². The zero-order valence-corrected chi connectivity index (χ0v) is 5.00. The normalized spacial score (nSPS) is 9.56. The summed E-state index contributed by atoms with van der Waals surface area (Å²) in [5.74, 6) is -0.514. The first kappa shape index (κ1) is 6.13. The highest BCUT2D eigenvalue weighted by Gasteiger charge is 1.98. The first-order valence-corrected chi connectivity index (χ1v) is 2.60. The van der Waals surface area contributed by atoms with Gasteiger partial charge in [0.15, 0.2) is 0 Å². The predicted molar refractivity (Wildman–Crippen MR) is 31.1 cm³/mol. The quantitative estimate of drug-likeness (QED) is 0.563. The molecule has 1 aromatic rings. The van der Waals surface area contributed by atoms with Crippen LogP contribution in [0, 0.1) is 12.4 Å². The maximum atomic E-state index is 12.4. The van der Waals surface area contributed by atoms with Crippen molar-refractivity contribution >= 4 is 0 Å². The molecule has 0 saturated heterocycles. The third-order valence-electron chi connectivity index (χ3n) is 0.953. The van der Waals surface area contributed by atoms with Gasteiger partial charge in [-0.25, -0.2) is 4.98 Å². The molecule has 1 rings (SSSR count). The molecule has 0 aliphatic carbocycles. The van der Waals surface area contributed by atoms with E-state index in [0.717, 1.165) is 0 Å². The molecule has 9 heavy (non-hydrogen) atoms. The molecular formula is C6H6FN2. The Hall–Kier alpha value is -0.990. The smallest absolute Gasteiger partial charge is 0.234 e. The number of hydrogen-bond acceptors (Lipinski definition) is 2. The number of halogens is 1. The average Bonchev–Trinajstić information content (AvgIpc) is 1.89. The van der Waals surface area contributed by atoms with Crippen molar-refractivity contribution in [3.8, 4) is 0 Å². The van der Waals surface area contributed by atoms with Crippen LogP contribution in [0.2, 0.25) is 0 Å². The summed E-state index contributed by atoms with van der Waals surface area (Å²) in [6.45, 7) is 1.72. The van der Waals surface area contributed by atoms with Crippen LogP contribution in [-0.2, 0) is 0 Å². The van der Waals surface area contributed by atoms with E-state index in [1.165, 1.54) is 12.4 Å². The Labute approximate surface area is 52.8 Å². The Kier molecular flexibility index (Phi) is 1.72. The standard InChI is InChI=1S/C6H6FN2/c1-2-5-6(7)9-4-3-8-5/h2-4H,1H3. The van der Waals surface area contributed by atoms with Crippen LogP contribution < -0.4 is 0 Å². The van der Waals surface area contributed by atoms with Gasteiger partial charge in [0.2, 0.25) is 5.95 Å². The molecular weight excluding hydrogens is 119 g/mol. The zero-order chi connectivity index (χ0) is 6.69. The molecule has 47 valence electrons. The van der Waals surface area contributed by atoms with Crippen LogP contribution in [0.3, 0.4) is 0 Å². The molecule has 0 aliphatic heterocycles. The lowest BCUT2D eigenvalue weighted by molar-refractivity contribution is 0.567. The Bertz CT molecular complexity index is 200. The SMILES string of the molecule is C[CH]c1nccnc1F. The number of hydrogen-bond donors (Lipinski definition) is 0. The van der Waals surface area contributed by atoms with Crippen molar-refractivity contribution in [2.75, 3.05) is 0 Å². The van der Waals surface area contributed by atoms with E-state index in [2.05, 4.69) is 9.97 Å². The molecule has 0 bridgehead atoms. The van der Waals surface area contributed by atoms with Crippen LogP contribution >= 0.6 is 0 Å². The van der Waals surface area contributed by atoms with Crippen molar-refractivity contribution in [1.82, 2.24) is 9.97 Å². The van der Waals surface area contributed by atoms with E-state index in [9.17, 15) is 4.39 Å². The molecule has 0 saturated carbocycles. The summed E-state index contributed by atoms with van der Waals surface area (Å²) in [5.41, 5.74) is 0.303. The lowest BCUT2D eigenvalue weighted by Gasteiger charge is -1.92. The van der Waals surface area contributed by atoms with Gasteiger partial charge in [-0.05, 0) is 0 Å². The Morgan fingerprint density at radius 2 is 2.11 bits per heavy atom. The molecule has 0 unspecified atom stereocenters. The average molecular weight is 125 g/mol. The molecule has 1 heterocycles. The van der Waals surface area contributed by atoms with Gasteiger partial charge >= 0.3 is 0 Å². The van der Waals surface area contributed by atoms with Gasteiger partial charge in [-0.15, -0.1) is 0 Å². The van der Waals surface area contributed by atoms with Gasteiger partial charge in [0.05, 0.1) is 5.69 Å². The van der Waals surface area contributed by atoms with Gasteiger partial charge in [0.1, 0.15) is 0 Å². The van der Waals surface area contributed by atoms with Crippen LogP contribution in [0.15, 0.2) is 12.4 Å². The maximum Gasteiger partial charge on any atom is 0.234 e. The largest absolute Gasteiger partial charge is 0.255 e. The topological polar surface area (TPSA) is 25.8 Å². The van der Waals surface area contributed by atoms with Crippen LogP contribution in [0.1, 0.15) is 12.6 Å². The molecule has 0 aliphatic rings. The van der Waals surface area contributed by atoms with E-state index in [-0.39, 0.29) is 0 Å². The summed E-state index contributed by atoms with van der Waals surface area (Å²) in [6, 6.07) is 0. The van der Waals surface area contributed by atoms with E-state index in [0.29, 0.717) is 5.69 Å². The van der Waals surface area contributed by atoms with Crippen molar-refractivity contribution in [3.63, 3.8) is 0 Å². The first-order valence-electron chi connectivity index (χ1n) is 2.60. The Morgan fingerprint density at radius 3 is 2.56 bits per heavy atom. The summed E-state index contributed by atoms with van der Waals surface area (Å²) in [7, 11) is 0. The molecule has 0 aromatic carbocycles. The Balaban J connectivity index is 3.01. The second kappa shape index (κ2) is 2.53. The van der Waals surface area contributed by atoms with Crippen molar-refractivity contribution in [3.05, 3.63) is 30.5 Å². The molecule has 3 heteroatoms. The van der Waals surface area contributed by atoms with Crippen LogP contribution in [0.25, 0.3) is 0 Å². The number of nitrogens with zero attached hydrogens (tertiary/aromatic N) is 2. The fourth-order valence-corrected chi connectivity index (χ4v) is 0.525. The number of rotatable bonds is 1. The van der Waals surface area contributed by atoms with Crippen LogP contribution in [-0.4, -0.2) is 9.97 Å². The predicted octanol–water partition coefficient (Wildman–Crippen LogP) is 1.19. The molecule has 1 aromatic heterocycles. The zero-order valence-electron chi connectivity index (χ0n) is 5.00. The van der Waals surface area contributed by atoms with Gasteiger partial charge in [-0.3, -0.25) is 4.98 Å². The first-order chi connectivity index (χ1) is 4.34. The minimum absolute atomic E-state index is 0.303. The van der Waals surface area contributed by atoms with E-state index in [1.807, 2.05) is 0 Å². The van der Waals surface area contributed by atoms with Gasteiger partial charge in [0, 0.05) is 18.8 Å². The molecule has 2 nitrogen and oxygen atoms in total. The molecule has 1 radical (unpaired) electrons. The van der Waals surface area contributed by atoms with Crippen molar-refractivity contribution in [2.24, 2.45) is 0 Å². The van der Waals surface area contributed by atoms with Crippen molar-refractivity contribution < 1.29 is 4.39 Å². The van der Waals surface area contributed by atoms with Crippen LogP contribution in [0.4, 0.5) is 4.39 Å². The van der Waals surface area contributed by atoms with Gasteiger partial charge in [0.25, 0.3) is 0 Å². The summed E-state index contributed by atoms with van der Waals surface area (Å²) in [6.07, 6.45) is 4.35. The molecule has 0 N–H and O–H groups in total.